The van der Waals surface area contributed by atoms with Crippen LogP contribution < -0.4 is 0 Å². The van der Waals surface area contributed by atoms with Crippen LogP contribution in [-0.2, 0) is 0 Å². The van der Waals surface area contributed by atoms with Crippen LogP contribution in [0.15, 0.2) is 84.9 Å². The molecule has 0 saturated heterocycles. The lowest BCUT2D eigenvalue weighted by atomic mass is 9.98. The van der Waals surface area contributed by atoms with Crippen LogP contribution in [0.1, 0.15) is 28.4 Å². The van der Waals surface area contributed by atoms with Gasteiger partial charge in [-0.25, -0.2) is 0 Å². The van der Waals surface area contributed by atoms with Crippen molar-refractivity contribution < 1.29 is 0 Å². The first-order chi connectivity index (χ1) is 11.8. The lowest BCUT2D eigenvalue weighted by molar-refractivity contribution is 0.683. The van der Waals surface area contributed by atoms with Crippen molar-refractivity contribution in [1.29, 1.82) is 0 Å². The van der Waals surface area contributed by atoms with Crippen LogP contribution in [0.5, 0.6) is 0 Å². The predicted molar refractivity (Wildman–Crippen MR) is 102 cm³/mol. The van der Waals surface area contributed by atoms with E-state index in [0.29, 0.717) is 0 Å². The lowest BCUT2D eigenvalue weighted by Crippen LogP contribution is -2.13. The summed E-state index contributed by atoms with van der Waals surface area (Å²) >= 11 is 0. The zero-order valence-electron chi connectivity index (χ0n) is 14.1. The van der Waals surface area contributed by atoms with Gasteiger partial charge in [-0.3, -0.25) is 0 Å². The number of para-hydroxylation sites is 1. The molecular formula is C23H21N. The summed E-state index contributed by atoms with van der Waals surface area (Å²) in [5.41, 5.74) is 6.61. The van der Waals surface area contributed by atoms with Crippen LogP contribution in [0.3, 0.4) is 0 Å². The fraction of sp³-hybridized carbons (Fsp3) is 0.130. The molecule has 0 fully saturated rings. The number of aromatic nitrogens is 1. The molecule has 0 aliphatic carbocycles. The van der Waals surface area contributed by atoms with Gasteiger partial charge < -0.3 is 4.57 Å². The minimum atomic E-state index is 0.186. The fourth-order valence-corrected chi connectivity index (χ4v) is 3.65. The molecule has 0 radical (unpaired) electrons. The van der Waals surface area contributed by atoms with E-state index in [9.17, 15) is 0 Å². The Morgan fingerprint density at radius 1 is 0.625 bits per heavy atom. The third-order valence-electron chi connectivity index (χ3n) is 4.96. The van der Waals surface area contributed by atoms with Gasteiger partial charge in [0.1, 0.15) is 0 Å². The van der Waals surface area contributed by atoms with Crippen LogP contribution in [-0.4, -0.2) is 4.57 Å². The van der Waals surface area contributed by atoms with E-state index in [4.69, 9.17) is 0 Å². The van der Waals surface area contributed by atoms with Gasteiger partial charge in [-0.15, -0.1) is 0 Å². The normalized spacial score (nSPS) is 11.3. The largest absolute Gasteiger partial charge is 0.333 e. The van der Waals surface area contributed by atoms with Gasteiger partial charge in [0.25, 0.3) is 0 Å². The Labute approximate surface area is 143 Å². The van der Waals surface area contributed by atoms with Gasteiger partial charge in [-0.05, 0) is 36.6 Å². The molecule has 1 aromatic heterocycles. The maximum absolute atomic E-state index is 2.48. The molecule has 0 spiro atoms. The molecule has 1 heteroatoms. The molecule has 1 heterocycles. The highest BCUT2D eigenvalue weighted by atomic mass is 15.0. The Balaban J connectivity index is 2.04. The SMILES string of the molecule is Cc1c(C)n(C(c2ccccc2)c2ccccc2)c2ccccc12. The summed E-state index contributed by atoms with van der Waals surface area (Å²) in [6, 6.07) is 30.4. The molecule has 0 atom stereocenters. The van der Waals surface area contributed by atoms with Gasteiger partial charge in [-0.2, -0.15) is 0 Å². The van der Waals surface area contributed by atoms with Crippen molar-refractivity contribution >= 4 is 10.9 Å². The molecular weight excluding hydrogens is 290 g/mol. The fourth-order valence-electron chi connectivity index (χ4n) is 3.65. The highest BCUT2D eigenvalue weighted by Gasteiger charge is 2.21. The number of benzene rings is 3. The molecule has 0 aliphatic heterocycles. The number of nitrogens with zero attached hydrogens (tertiary/aromatic N) is 1. The number of hydrogen-bond donors (Lipinski definition) is 0. The monoisotopic (exact) mass is 311 g/mol. The molecule has 24 heavy (non-hydrogen) atoms. The van der Waals surface area contributed by atoms with E-state index in [1.807, 2.05) is 0 Å². The van der Waals surface area contributed by atoms with Gasteiger partial charge >= 0.3 is 0 Å². The van der Waals surface area contributed by atoms with Crippen molar-refractivity contribution in [1.82, 2.24) is 4.57 Å². The molecule has 0 unspecified atom stereocenters. The quantitative estimate of drug-likeness (QED) is 0.444. The average molecular weight is 311 g/mol. The second kappa shape index (κ2) is 6.01. The van der Waals surface area contributed by atoms with Crippen molar-refractivity contribution in [3.8, 4) is 0 Å². The molecule has 4 aromatic rings. The van der Waals surface area contributed by atoms with E-state index < -0.39 is 0 Å². The summed E-state index contributed by atoms with van der Waals surface area (Å²) in [4.78, 5) is 0. The lowest BCUT2D eigenvalue weighted by Gasteiger charge is -2.23. The zero-order valence-corrected chi connectivity index (χ0v) is 14.1. The average Bonchev–Trinajstić information content (AvgIpc) is 2.90. The Morgan fingerprint density at radius 3 is 1.71 bits per heavy atom. The number of hydrogen-bond acceptors (Lipinski definition) is 0. The van der Waals surface area contributed by atoms with Crippen LogP contribution in [0.25, 0.3) is 10.9 Å². The second-order valence-electron chi connectivity index (χ2n) is 6.32. The van der Waals surface area contributed by atoms with Crippen molar-refractivity contribution in [3.05, 3.63) is 107 Å². The van der Waals surface area contributed by atoms with Crippen molar-refractivity contribution in [2.75, 3.05) is 0 Å². The van der Waals surface area contributed by atoms with E-state index in [2.05, 4.69) is 103 Å². The maximum atomic E-state index is 2.48. The Bertz CT molecular complexity index is 926. The van der Waals surface area contributed by atoms with Gasteiger partial charge in [0.05, 0.1) is 6.04 Å². The van der Waals surface area contributed by atoms with Gasteiger partial charge in [0.15, 0.2) is 0 Å². The number of aryl methyl sites for hydroxylation is 1. The molecule has 0 amide bonds. The first kappa shape index (κ1) is 14.8. The van der Waals surface area contributed by atoms with Crippen LogP contribution in [0.2, 0.25) is 0 Å². The van der Waals surface area contributed by atoms with Crippen LogP contribution in [0.4, 0.5) is 0 Å². The highest BCUT2D eigenvalue weighted by Crippen LogP contribution is 2.35. The van der Waals surface area contributed by atoms with E-state index >= 15 is 0 Å². The summed E-state index contributed by atoms with van der Waals surface area (Å²) in [6.07, 6.45) is 0. The first-order valence-electron chi connectivity index (χ1n) is 8.43. The molecule has 0 saturated carbocycles. The van der Waals surface area contributed by atoms with Crippen molar-refractivity contribution in [3.63, 3.8) is 0 Å². The Kier molecular flexibility index (Phi) is 3.70. The van der Waals surface area contributed by atoms with Gasteiger partial charge in [-0.1, -0.05) is 78.9 Å². The van der Waals surface area contributed by atoms with Crippen LogP contribution in [0, 0.1) is 13.8 Å². The number of fused-ring (bicyclic) bond motifs is 1. The molecule has 3 aromatic carbocycles. The molecule has 0 bridgehead atoms. The molecule has 4 rings (SSSR count). The Hall–Kier alpha value is -2.80. The van der Waals surface area contributed by atoms with E-state index in [-0.39, 0.29) is 6.04 Å². The summed E-state index contributed by atoms with van der Waals surface area (Å²) in [5.74, 6) is 0. The van der Waals surface area contributed by atoms with Crippen LogP contribution >= 0.6 is 0 Å². The topological polar surface area (TPSA) is 4.93 Å². The third-order valence-corrected chi connectivity index (χ3v) is 4.96. The second-order valence-corrected chi connectivity index (χ2v) is 6.32. The molecule has 0 N–H and O–H groups in total. The Morgan fingerprint density at radius 2 is 1.12 bits per heavy atom. The zero-order chi connectivity index (χ0) is 16.5. The minimum absolute atomic E-state index is 0.186. The van der Waals surface area contributed by atoms with Gasteiger partial charge in [0, 0.05) is 16.6 Å². The molecule has 1 nitrogen and oxygen atoms in total. The smallest absolute Gasteiger partial charge is 0.0841 e. The van der Waals surface area contributed by atoms with Gasteiger partial charge in [0.2, 0.25) is 0 Å². The predicted octanol–water partition coefficient (Wildman–Crippen LogP) is 5.90. The van der Waals surface area contributed by atoms with Crippen molar-refractivity contribution in [2.24, 2.45) is 0 Å². The van der Waals surface area contributed by atoms with E-state index in [0.717, 1.165) is 0 Å². The summed E-state index contributed by atoms with van der Waals surface area (Å²) in [5, 5.41) is 1.34. The number of rotatable bonds is 3. The van der Waals surface area contributed by atoms with E-state index in [1.165, 1.54) is 33.3 Å². The first-order valence-corrected chi connectivity index (χ1v) is 8.43. The standard InChI is InChI=1S/C23H21N/c1-17-18(2)24(22-16-10-9-15-21(17)22)23(19-11-5-3-6-12-19)20-13-7-4-8-14-20/h3-16,23H,1-2H3. The van der Waals surface area contributed by atoms with Crippen molar-refractivity contribution in [2.45, 2.75) is 19.9 Å². The summed E-state index contributed by atoms with van der Waals surface area (Å²) < 4.78 is 2.48. The molecule has 0 aliphatic rings. The summed E-state index contributed by atoms with van der Waals surface area (Å²) in [7, 11) is 0. The molecule has 118 valence electrons. The minimum Gasteiger partial charge on any atom is -0.333 e. The summed E-state index contributed by atoms with van der Waals surface area (Å²) in [6.45, 7) is 4.45. The van der Waals surface area contributed by atoms with E-state index in [1.54, 1.807) is 0 Å². The third kappa shape index (κ3) is 2.33. The highest BCUT2D eigenvalue weighted by molar-refractivity contribution is 5.85. The maximum Gasteiger partial charge on any atom is 0.0841 e.